The van der Waals surface area contributed by atoms with Crippen molar-refractivity contribution in [3.8, 4) is 0 Å². The van der Waals surface area contributed by atoms with Crippen molar-refractivity contribution in [1.82, 2.24) is 4.98 Å². The molecule has 3 nitrogen and oxygen atoms in total. The van der Waals surface area contributed by atoms with E-state index in [4.69, 9.17) is 4.98 Å². The lowest BCUT2D eigenvalue weighted by atomic mass is 9.73. The van der Waals surface area contributed by atoms with Crippen LogP contribution in [-0.2, 0) is 5.41 Å². The predicted octanol–water partition coefficient (Wildman–Crippen LogP) is 10.3. The molecule has 43 heavy (non-hydrogen) atoms. The molecule has 0 radical (unpaired) electrons. The molecule has 0 N–H and O–H groups in total. The van der Waals surface area contributed by atoms with E-state index in [2.05, 4.69) is 146 Å². The molecule has 1 aliphatic carbocycles. The van der Waals surface area contributed by atoms with Crippen molar-refractivity contribution in [3.05, 3.63) is 186 Å². The van der Waals surface area contributed by atoms with Crippen molar-refractivity contribution in [2.24, 2.45) is 0 Å². The maximum absolute atomic E-state index is 4.80. The Morgan fingerprint density at radius 2 is 1.79 bits per heavy atom. The fourth-order valence-electron chi connectivity index (χ4n) is 5.89. The molecule has 2 aliphatic heterocycles. The largest absolute Gasteiger partial charge is 0.314 e. The fourth-order valence-corrected chi connectivity index (χ4v) is 5.89. The Balaban J connectivity index is 1.67. The number of rotatable bonds is 6. The third-order valence-electron chi connectivity index (χ3n) is 8.01. The monoisotopic (exact) mass is 563 g/mol. The second kappa shape index (κ2) is 13.4. The summed E-state index contributed by atoms with van der Waals surface area (Å²) in [5.74, 6) is 0.834. The molecule has 216 valence electrons. The molecule has 0 saturated heterocycles. The molecule has 3 heterocycles. The molecule has 5 rings (SSSR count). The van der Waals surface area contributed by atoms with Gasteiger partial charge in [-0.3, -0.25) is 4.90 Å². The van der Waals surface area contributed by atoms with Crippen LogP contribution in [0.15, 0.2) is 180 Å². The molecule has 0 amide bonds. The number of nitrogens with zero attached hydrogens (tertiary/aromatic N) is 3. The average Bonchev–Trinajstić information content (AvgIpc) is 3.01. The Kier molecular flexibility index (Phi) is 9.22. The normalized spacial score (nSPS) is 21.9. The predicted molar refractivity (Wildman–Crippen MR) is 184 cm³/mol. The third kappa shape index (κ3) is 6.47. The van der Waals surface area contributed by atoms with Gasteiger partial charge in [-0.25, -0.2) is 4.98 Å². The molecule has 3 aliphatic rings. The molecule has 2 aromatic rings. The van der Waals surface area contributed by atoms with Crippen molar-refractivity contribution in [1.29, 1.82) is 0 Å². The van der Waals surface area contributed by atoms with Crippen LogP contribution >= 0.6 is 0 Å². The van der Waals surface area contributed by atoms with Gasteiger partial charge >= 0.3 is 0 Å². The van der Waals surface area contributed by atoms with Crippen LogP contribution in [0.5, 0.6) is 0 Å². The van der Waals surface area contributed by atoms with E-state index >= 15 is 0 Å². The first kappa shape index (κ1) is 29.6. The molecule has 0 unspecified atom stereocenters. The van der Waals surface area contributed by atoms with Crippen LogP contribution in [0, 0.1) is 0 Å². The zero-order valence-corrected chi connectivity index (χ0v) is 25.7. The minimum atomic E-state index is -0.131. The van der Waals surface area contributed by atoms with Crippen LogP contribution in [0.4, 0.5) is 11.5 Å². The minimum absolute atomic E-state index is 0.131. The smallest absolute Gasteiger partial charge is 0.137 e. The first-order valence-corrected chi connectivity index (χ1v) is 15.0. The summed E-state index contributed by atoms with van der Waals surface area (Å²) in [5, 5.41) is 0. The van der Waals surface area contributed by atoms with Gasteiger partial charge < -0.3 is 4.90 Å². The second-order valence-electron chi connectivity index (χ2n) is 11.3. The van der Waals surface area contributed by atoms with Crippen LogP contribution in [0.1, 0.15) is 46.1 Å². The lowest BCUT2D eigenvalue weighted by Gasteiger charge is -2.42. The summed E-state index contributed by atoms with van der Waals surface area (Å²) in [6.07, 6.45) is 36.2. The topological polar surface area (TPSA) is 19.4 Å². The Morgan fingerprint density at radius 3 is 2.56 bits per heavy atom. The van der Waals surface area contributed by atoms with Crippen LogP contribution in [0.25, 0.3) is 0 Å². The van der Waals surface area contributed by atoms with Crippen LogP contribution in [0.3, 0.4) is 0 Å². The van der Waals surface area contributed by atoms with Gasteiger partial charge in [0.15, 0.2) is 0 Å². The summed E-state index contributed by atoms with van der Waals surface area (Å²) < 4.78 is 0. The standard InChI is InChI=1S/C40H41N3/c1-6-7-10-22-35(30-33-19-11-8-12-20-33)43(39-26-17-18-29-41-39)34-21-13-9-14-23-36-32(3)42(31(2)27-28-34)38-25-16-15-24-37(38)40(36,4)5/h6-7,9-11,13-30H,2,8,12H2,1,3-5H3/b7-6-,13-9+,22-10-,23-14-,28-27-,34-21+,35-30?. The van der Waals surface area contributed by atoms with Crippen molar-refractivity contribution in [3.63, 3.8) is 0 Å². The molecule has 3 heteroatoms. The number of anilines is 2. The van der Waals surface area contributed by atoms with E-state index in [0.717, 1.165) is 35.8 Å². The Hall–Kier alpha value is -4.89. The Bertz CT molecular complexity index is 1660. The lowest BCUT2D eigenvalue weighted by Crippen LogP contribution is -2.34. The van der Waals surface area contributed by atoms with Gasteiger partial charge in [-0.1, -0.05) is 105 Å². The number of fused-ring (bicyclic) bond motifs is 3. The Morgan fingerprint density at radius 1 is 0.953 bits per heavy atom. The highest BCUT2D eigenvalue weighted by Crippen LogP contribution is 2.47. The zero-order valence-electron chi connectivity index (χ0n) is 25.7. The molecule has 1 aromatic heterocycles. The first-order valence-electron chi connectivity index (χ1n) is 15.0. The number of hydrogen-bond acceptors (Lipinski definition) is 3. The van der Waals surface area contributed by atoms with E-state index in [9.17, 15) is 0 Å². The van der Waals surface area contributed by atoms with Gasteiger partial charge in [-0.05, 0) is 92.0 Å². The van der Waals surface area contributed by atoms with Gasteiger partial charge in [0.25, 0.3) is 0 Å². The van der Waals surface area contributed by atoms with E-state index in [1.54, 1.807) is 0 Å². The minimum Gasteiger partial charge on any atom is -0.314 e. The van der Waals surface area contributed by atoms with E-state index in [1.807, 2.05) is 37.4 Å². The van der Waals surface area contributed by atoms with Crippen LogP contribution in [0.2, 0.25) is 0 Å². The van der Waals surface area contributed by atoms with Gasteiger partial charge in [-0.15, -0.1) is 0 Å². The SMILES string of the molecule is C=C1\C=C/C(N(C(=CC2=CCCC=C2)/C=C\C=C/C)c2ccccn2)=C\C=C\C=C/C2=C(C)N1c1ccccc1C2(C)C. The highest BCUT2D eigenvalue weighted by molar-refractivity contribution is 5.73. The molecule has 0 fully saturated rings. The van der Waals surface area contributed by atoms with Gasteiger partial charge in [0.1, 0.15) is 5.82 Å². The van der Waals surface area contributed by atoms with Gasteiger partial charge in [0.2, 0.25) is 0 Å². The molecule has 0 spiro atoms. The van der Waals surface area contributed by atoms with Crippen molar-refractivity contribution >= 4 is 11.5 Å². The van der Waals surface area contributed by atoms with Crippen LogP contribution < -0.4 is 9.80 Å². The van der Waals surface area contributed by atoms with Gasteiger partial charge in [-0.2, -0.15) is 0 Å². The quantitative estimate of drug-likeness (QED) is 0.326. The van der Waals surface area contributed by atoms with Crippen molar-refractivity contribution in [2.45, 2.75) is 46.0 Å². The number of para-hydroxylation sites is 1. The number of benzene rings is 1. The average molecular weight is 564 g/mol. The summed E-state index contributed by atoms with van der Waals surface area (Å²) in [6, 6.07) is 14.7. The van der Waals surface area contributed by atoms with E-state index in [0.29, 0.717) is 0 Å². The summed E-state index contributed by atoms with van der Waals surface area (Å²) >= 11 is 0. The first-order chi connectivity index (χ1) is 20.9. The summed E-state index contributed by atoms with van der Waals surface area (Å²) in [4.78, 5) is 9.28. The zero-order chi connectivity index (χ0) is 30.2. The highest BCUT2D eigenvalue weighted by atomic mass is 15.2. The maximum Gasteiger partial charge on any atom is 0.137 e. The number of aromatic nitrogens is 1. The van der Waals surface area contributed by atoms with Crippen molar-refractivity contribution in [2.75, 3.05) is 9.80 Å². The molecular formula is C40H41N3. The second-order valence-corrected chi connectivity index (χ2v) is 11.3. The maximum atomic E-state index is 4.80. The lowest BCUT2D eigenvalue weighted by molar-refractivity contribution is 0.615. The molecule has 1 aromatic carbocycles. The fraction of sp³-hybridized carbons (Fsp3) is 0.175. The number of pyridine rings is 1. The molecule has 0 atom stereocenters. The van der Waals surface area contributed by atoms with Crippen molar-refractivity contribution < 1.29 is 0 Å². The summed E-state index contributed by atoms with van der Waals surface area (Å²) in [5.41, 5.74) is 8.85. The number of allylic oxidation sites excluding steroid dienone is 18. The molecule has 2 bridgehead atoms. The van der Waals surface area contributed by atoms with Gasteiger partial charge in [0, 0.05) is 40.1 Å². The highest BCUT2D eigenvalue weighted by Gasteiger charge is 2.36. The summed E-state index contributed by atoms with van der Waals surface area (Å²) in [7, 11) is 0. The third-order valence-corrected chi connectivity index (χ3v) is 8.01. The Labute approximate surface area is 257 Å². The summed E-state index contributed by atoms with van der Waals surface area (Å²) in [6.45, 7) is 13.4. The van der Waals surface area contributed by atoms with E-state index in [1.165, 1.54) is 28.1 Å². The van der Waals surface area contributed by atoms with Crippen LogP contribution in [-0.4, -0.2) is 4.98 Å². The van der Waals surface area contributed by atoms with E-state index in [-0.39, 0.29) is 5.41 Å². The molecular weight excluding hydrogens is 522 g/mol. The molecule has 0 saturated carbocycles. The number of hydrogen-bond donors (Lipinski definition) is 0. The van der Waals surface area contributed by atoms with Gasteiger partial charge in [0.05, 0.1) is 0 Å². The van der Waals surface area contributed by atoms with E-state index < -0.39 is 0 Å².